The summed E-state index contributed by atoms with van der Waals surface area (Å²) in [6, 6.07) is 8.01. The van der Waals surface area contributed by atoms with Crippen molar-refractivity contribution in [2.75, 3.05) is 13.2 Å². The Hall–Kier alpha value is -2.14. The minimum Gasteiger partial charge on any atom is -0.376 e. The first-order valence-corrected chi connectivity index (χ1v) is 9.07. The van der Waals surface area contributed by atoms with Crippen molar-refractivity contribution < 1.29 is 9.53 Å². The summed E-state index contributed by atoms with van der Waals surface area (Å²) in [7, 11) is 0. The SMILES string of the molecule is CC(C)c1ccc2[nH]c(=O)c(CCC(=O)NCC3CCCO3)cc2c1. The normalized spacial score (nSPS) is 17.3. The van der Waals surface area contributed by atoms with Gasteiger partial charge in [-0.3, -0.25) is 9.59 Å². The maximum Gasteiger partial charge on any atom is 0.251 e. The standard InChI is InChI=1S/C20H26N2O3/c1-13(2)14-5-7-18-16(10-14)11-15(20(24)22-18)6-8-19(23)21-12-17-4-3-9-25-17/h5,7,10-11,13,17H,3-4,6,8-9,12H2,1-2H3,(H,21,23)(H,22,24). The van der Waals surface area contributed by atoms with Crippen LogP contribution in [0.25, 0.3) is 10.9 Å². The molecule has 0 spiro atoms. The van der Waals surface area contributed by atoms with Crippen LogP contribution in [0.5, 0.6) is 0 Å². The van der Waals surface area contributed by atoms with Crippen LogP contribution in [0.15, 0.2) is 29.1 Å². The lowest BCUT2D eigenvalue weighted by Gasteiger charge is -2.11. The van der Waals surface area contributed by atoms with Gasteiger partial charge in [0, 0.05) is 30.7 Å². The lowest BCUT2D eigenvalue weighted by atomic mass is 10.00. The summed E-state index contributed by atoms with van der Waals surface area (Å²) >= 11 is 0. The van der Waals surface area contributed by atoms with E-state index in [1.807, 2.05) is 18.2 Å². The molecule has 25 heavy (non-hydrogen) atoms. The number of amides is 1. The highest BCUT2D eigenvalue weighted by atomic mass is 16.5. The molecule has 1 saturated heterocycles. The first-order valence-electron chi connectivity index (χ1n) is 9.07. The van der Waals surface area contributed by atoms with Crippen LogP contribution in [-0.4, -0.2) is 30.1 Å². The molecule has 1 fully saturated rings. The number of nitrogens with one attached hydrogen (secondary N) is 2. The highest BCUT2D eigenvalue weighted by Crippen LogP contribution is 2.20. The minimum absolute atomic E-state index is 0.0362. The van der Waals surface area contributed by atoms with Crippen molar-refractivity contribution >= 4 is 16.8 Å². The number of aromatic amines is 1. The van der Waals surface area contributed by atoms with Gasteiger partial charge in [0.1, 0.15) is 0 Å². The van der Waals surface area contributed by atoms with Crippen LogP contribution in [0.4, 0.5) is 0 Å². The van der Waals surface area contributed by atoms with E-state index in [9.17, 15) is 9.59 Å². The molecule has 1 aliphatic heterocycles. The lowest BCUT2D eigenvalue weighted by molar-refractivity contribution is -0.121. The Balaban J connectivity index is 1.64. The van der Waals surface area contributed by atoms with Gasteiger partial charge < -0.3 is 15.0 Å². The molecule has 2 heterocycles. The largest absolute Gasteiger partial charge is 0.376 e. The van der Waals surface area contributed by atoms with Crippen LogP contribution in [0.3, 0.4) is 0 Å². The number of hydrogen-bond acceptors (Lipinski definition) is 3. The summed E-state index contributed by atoms with van der Waals surface area (Å²) in [4.78, 5) is 27.2. The third-order valence-corrected chi connectivity index (χ3v) is 4.78. The molecule has 134 valence electrons. The van der Waals surface area contributed by atoms with Crippen molar-refractivity contribution in [3.63, 3.8) is 0 Å². The van der Waals surface area contributed by atoms with E-state index in [0.29, 0.717) is 30.9 Å². The molecule has 5 nitrogen and oxygen atoms in total. The van der Waals surface area contributed by atoms with Crippen molar-refractivity contribution in [1.29, 1.82) is 0 Å². The number of aryl methyl sites for hydroxylation is 1. The molecule has 1 aromatic heterocycles. The van der Waals surface area contributed by atoms with E-state index in [1.165, 1.54) is 5.56 Å². The van der Waals surface area contributed by atoms with Gasteiger partial charge in [0.15, 0.2) is 0 Å². The van der Waals surface area contributed by atoms with Crippen LogP contribution in [-0.2, 0) is 16.0 Å². The summed E-state index contributed by atoms with van der Waals surface area (Å²) in [6.07, 6.45) is 2.95. The molecule has 3 rings (SSSR count). The third kappa shape index (κ3) is 4.48. The summed E-state index contributed by atoms with van der Waals surface area (Å²) in [5.74, 6) is 0.397. The smallest absolute Gasteiger partial charge is 0.251 e. The summed E-state index contributed by atoms with van der Waals surface area (Å²) < 4.78 is 5.49. The minimum atomic E-state index is -0.114. The fraction of sp³-hybridized carbons (Fsp3) is 0.500. The van der Waals surface area contributed by atoms with Gasteiger partial charge >= 0.3 is 0 Å². The van der Waals surface area contributed by atoms with Gasteiger partial charge in [-0.05, 0) is 54.3 Å². The van der Waals surface area contributed by atoms with Gasteiger partial charge in [0.25, 0.3) is 5.56 Å². The van der Waals surface area contributed by atoms with E-state index in [1.54, 1.807) is 0 Å². The third-order valence-electron chi connectivity index (χ3n) is 4.78. The van der Waals surface area contributed by atoms with Crippen molar-refractivity contribution in [1.82, 2.24) is 10.3 Å². The summed E-state index contributed by atoms with van der Waals surface area (Å²) in [6.45, 7) is 5.63. The van der Waals surface area contributed by atoms with Gasteiger partial charge in [-0.25, -0.2) is 0 Å². The molecule has 1 unspecified atom stereocenters. The molecule has 5 heteroatoms. The zero-order valence-corrected chi connectivity index (χ0v) is 14.9. The molecule has 2 N–H and O–H groups in total. The number of aromatic nitrogens is 1. The number of H-pyrrole nitrogens is 1. The zero-order chi connectivity index (χ0) is 17.8. The molecule has 0 bridgehead atoms. The van der Waals surface area contributed by atoms with E-state index in [-0.39, 0.29) is 17.6 Å². The Kier molecular flexibility index (Phi) is 5.53. The van der Waals surface area contributed by atoms with E-state index < -0.39 is 0 Å². The first kappa shape index (κ1) is 17.7. The van der Waals surface area contributed by atoms with Crippen molar-refractivity contribution in [3.8, 4) is 0 Å². The van der Waals surface area contributed by atoms with Crippen molar-refractivity contribution in [3.05, 3.63) is 45.7 Å². The van der Waals surface area contributed by atoms with Crippen LogP contribution in [0, 0.1) is 0 Å². The Bertz CT molecular complexity index is 804. The second kappa shape index (κ2) is 7.83. The molecule has 1 atom stereocenters. The first-order chi connectivity index (χ1) is 12.0. The highest BCUT2D eigenvalue weighted by molar-refractivity contribution is 5.80. The fourth-order valence-electron chi connectivity index (χ4n) is 3.18. The van der Waals surface area contributed by atoms with Crippen LogP contribution in [0.1, 0.15) is 50.2 Å². The van der Waals surface area contributed by atoms with Gasteiger partial charge in [-0.15, -0.1) is 0 Å². The molecule has 1 aliphatic rings. The Morgan fingerprint density at radius 2 is 2.20 bits per heavy atom. The topological polar surface area (TPSA) is 71.2 Å². The molecule has 1 amide bonds. The predicted molar refractivity (Wildman–Crippen MR) is 99.0 cm³/mol. The maximum absolute atomic E-state index is 12.2. The van der Waals surface area contributed by atoms with E-state index in [2.05, 4.69) is 30.2 Å². The monoisotopic (exact) mass is 342 g/mol. The predicted octanol–water partition coefficient (Wildman–Crippen LogP) is 2.88. The van der Waals surface area contributed by atoms with E-state index >= 15 is 0 Å². The lowest BCUT2D eigenvalue weighted by Crippen LogP contribution is -2.32. The average molecular weight is 342 g/mol. The molecule has 0 aliphatic carbocycles. The van der Waals surface area contributed by atoms with Gasteiger partial charge in [0.2, 0.25) is 5.91 Å². The van der Waals surface area contributed by atoms with Gasteiger partial charge in [0.05, 0.1) is 6.10 Å². The van der Waals surface area contributed by atoms with E-state index in [4.69, 9.17) is 4.74 Å². The number of rotatable bonds is 6. The Labute approximate surface area is 147 Å². The number of fused-ring (bicyclic) bond motifs is 1. The molecular weight excluding hydrogens is 316 g/mol. The second-order valence-corrected chi connectivity index (χ2v) is 7.06. The van der Waals surface area contributed by atoms with Crippen molar-refractivity contribution in [2.24, 2.45) is 0 Å². The van der Waals surface area contributed by atoms with Crippen LogP contribution >= 0.6 is 0 Å². The van der Waals surface area contributed by atoms with Crippen LogP contribution < -0.4 is 10.9 Å². The molecule has 0 radical (unpaired) electrons. The second-order valence-electron chi connectivity index (χ2n) is 7.06. The number of carbonyl (C=O) groups is 1. The highest BCUT2D eigenvalue weighted by Gasteiger charge is 2.16. The molecule has 2 aromatic rings. The summed E-state index contributed by atoms with van der Waals surface area (Å²) in [5, 5.41) is 3.91. The number of ether oxygens (including phenoxy) is 1. The maximum atomic E-state index is 12.2. The quantitative estimate of drug-likeness (QED) is 0.848. The molecule has 0 saturated carbocycles. The van der Waals surface area contributed by atoms with Gasteiger partial charge in [-0.1, -0.05) is 19.9 Å². The number of benzene rings is 1. The van der Waals surface area contributed by atoms with Gasteiger partial charge in [-0.2, -0.15) is 0 Å². The zero-order valence-electron chi connectivity index (χ0n) is 14.9. The van der Waals surface area contributed by atoms with E-state index in [0.717, 1.165) is 30.4 Å². The number of hydrogen-bond donors (Lipinski definition) is 2. The average Bonchev–Trinajstić information content (AvgIpc) is 3.11. The number of carbonyl (C=O) groups excluding carboxylic acids is 1. The molecular formula is C20H26N2O3. The Morgan fingerprint density at radius 1 is 1.36 bits per heavy atom. The Morgan fingerprint density at radius 3 is 2.92 bits per heavy atom. The molecule has 1 aromatic carbocycles. The fourth-order valence-corrected chi connectivity index (χ4v) is 3.18. The van der Waals surface area contributed by atoms with Crippen molar-refractivity contribution in [2.45, 2.75) is 51.6 Å². The summed E-state index contributed by atoms with van der Waals surface area (Å²) in [5.41, 5.74) is 2.61. The number of pyridine rings is 1. The van der Waals surface area contributed by atoms with Crippen LogP contribution in [0.2, 0.25) is 0 Å².